The average Bonchev–Trinajstić information content (AvgIpc) is 0.882. The molecule has 4 saturated heterocycles. The number of hydrogen-bond donors (Lipinski definition) is 4. The predicted octanol–water partition coefficient (Wildman–Crippen LogP) is 18.9. The fourth-order valence-corrected chi connectivity index (χ4v) is 14.8. The van der Waals surface area contributed by atoms with Crippen LogP contribution in [0, 0.1) is 31.6 Å². The molecule has 9 aromatic rings. The minimum atomic E-state index is -4.70. The average molecular weight is 1370 g/mol. The Morgan fingerprint density at radius 2 is 0.940 bits per heavy atom. The van der Waals surface area contributed by atoms with Gasteiger partial charge in [-0.25, -0.2) is 4.68 Å². The Morgan fingerprint density at radius 1 is 0.470 bits per heavy atom. The van der Waals surface area contributed by atoms with Crippen molar-refractivity contribution in [3.05, 3.63) is 274 Å². The molecule has 4 fully saturated rings. The number of methoxy groups -OCH3 is 2. The molecule has 4 N–H and O–H groups in total. The molecule has 0 bridgehead atoms. The van der Waals surface area contributed by atoms with Crippen LogP contribution in [0.3, 0.4) is 0 Å². The molecule has 0 amide bonds. The number of ether oxygens (including phenoxy) is 4. The molecular weight excluding hydrogens is 1270 g/mol. The van der Waals surface area contributed by atoms with Crippen molar-refractivity contribution in [1.82, 2.24) is 36.3 Å². The number of benzene rings is 8. The summed E-state index contributed by atoms with van der Waals surface area (Å²) in [6.07, 6.45) is 9.85. The molecular formula is C83H97F6N7O4. The molecule has 1 aromatic heterocycles. The molecule has 4 aliphatic rings. The molecule has 0 saturated carbocycles. The number of para-hydroxylation sites is 1. The second-order valence-electron chi connectivity index (χ2n) is 26.7. The first-order valence-electron chi connectivity index (χ1n) is 35.5. The first kappa shape index (κ1) is 74.4. The number of nitrogens with zero attached hydrogens (tertiary/aromatic N) is 3. The molecule has 100 heavy (non-hydrogen) atoms. The number of rotatable bonds is 20. The van der Waals surface area contributed by atoms with Gasteiger partial charge in [-0.05, 0) is 246 Å². The number of aryl methyl sites for hydroxylation is 5. The number of halogens is 6. The number of hydrogen-bond acceptors (Lipinski definition) is 10. The first-order valence-corrected chi connectivity index (χ1v) is 35.5. The molecule has 17 heteroatoms. The van der Waals surface area contributed by atoms with Gasteiger partial charge in [0.2, 0.25) is 0 Å². The summed E-state index contributed by atoms with van der Waals surface area (Å²) in [5, 5.41) is 22.6. The third-order valence-corrected chi connectivity index (χ3v) is 19.8. The van der Waals surface area contributed by atoms with E-state index in [0.717, 1.165) is 93.7 Å². The zero-order valence-electron chi connectivity index (χ0n) is 58.0. The summed E-state index contributed by atoms with van der Waals surface area (Å²) in [6, 6.07) is 66.7. The Hall–Kier alpha value is -8.32. The van der Waals surface area contributed by atoms with E-state index in [1.807, 2.05) is 65.5 Å². The van der Waals surface area contributed by atoms with Gasteiger partial charge < -0.3 is 40.2 Å². The number of piperidine rings is 4. The Morgan fingerprint density at radius 3 is 1.44 bits per heavy atom. The summed E-state index contributed by atoms with van der Waals surface area (Å²) < 4.78 is 99.2. The molecule has 5 heterocycles. The fraction of sp³-hybridized carbons (Fsp3) is 0.398. The van der Waals surface area contributed by atoms with Crippen LogP contribution in [0.15, 0.2) is 213 Å². The summed E-state index contributed by atoms with van der Waals surface area (Å²) in [6.45, 7) is 8.21. The zero-order valence-corrected chi connectivity index (χ0v) is 58.0. The van der Waals surface area contributed by atoms with Gasteiger partial charge in [0.25, 0.3) is 0 Å². The summed E-state index contributed by atoms with van der Waals surface area (Å²) in [5.41, 5.74) is 11.7. The normalized spacial score (nSPS) is 20.8. The van der Waals surface area contributed by atoms with Crippen LogP contribution in [0.5, 0.6) is 17.2 Å². The van der Waals surface area contributed by atoms with Gasteiger partial charge in [0, 0.05) is 18.1 Å². The van der Waals surface area contributed by atoms with Crippen LogP contribution in [0.25, 0.3) is 5.69 Å². The quantitative estimate of drug-likeness (QED) is 0.0550. The topological polar surface area (TPSA) is 116 Å². The summed E-state index contributed by atoms with van der Waals surface area (Å²) >= 11 is 0. The maximum absolute atomic E-state index is 13.0. The molecule has 4 aliphatic heterocycles. The lowest BCUT2D eigenvalue weighted by Gasteiger charge is -2.33. The highest BCUT2D eigenvalue weighted by molar-refractivity contribution is 5.42. The van der Waals surface area contributed by atoms with Crippen LogP contribution in [0.2, 0.25) is 0 Å². The smallest absolute Gasteiger partial charge is 0.496 e. The number of aromatic nitrogens is 3. The highest BCUT2D eigenvalue weighted by Gasteiger charge is 2.34. The molecule has 0 spiro atoms. The lowest BCUT2D eigenvalue weighted by Crippen LogP contribution is -2.39. The highest BCUT2D eigenvalue weighted by Crippen LogP contribution is 2.39. The Labute approximate surface area is 586 Å². The molecule has 0 unspecified atom stereocenters. The van der Waals surface area contributed by atoms with Crippen molar-refractivity contribution in [3.63, 3.8) is 0 Å². The lowest BCUT2D eigenvalue weighted by molar-refractivity contribution is -0.274. The summed E-state index contributed by atoms with van der Waals surface area (Å²) in [7, 11) is 3.28. The van der Waals surface area contributed by atoms with Crippen LogP contribution in [-0.4, -0.2) is 67.9 Å². The highest BCUT2D eigenvalue weighted by atomic mass is 19.4. The van der Waals surface area contributed by atoms with Gasteiger partial charge in [-0.2, -0.15) is 13.2 Å². The van der Waals surface area contributed by atoms with Gasteiger partial charge in [-0.15, -0.1) is 18.3 Å². The molecule has 8 aromatic carbocycles. The van der Waals surface area contributed by atoms with Gasteiger partial charge in [0.05, 0.1) is 56.6 Å². The second kappa shape index (κ2) is 37.4. The van der Waals surface area contributed by atoms with Gasteiger partial charge in [-0.1, -0.05) is 162 Å². The second-order valence-corrected chi connectivity index (χ2v) is 26.7. The minimum absolute atomic E-state index is 0.0500. The number of alkyl halides is 6. The molecule has 0 aliphatic carbocycles. The Bertz CT molecular complexity index is 3850. The molecule has 0 radical (unpaired) electrons. The maximum Gasteiger partial charge on any atom is 0.573 e. The SMILES string of the molecule is COc1ccc(OC(F)(F)F)cc1CC[C@H]1CCCN[C@H]1c1ccccc1.COc1ccccc1CC[C@H]1CCCN[C@H]1c1ccccc1.Cc1cc(CO[C@H]2CCCN[C@H]2c2ccccc2)cc(C(F)(F)F)c1.Cc1ccc(-n2ccnn2)cc1CC[C@H]1CCCN[C@H]1c1ccccc1. The van der Waals surface area contributed by atoms with E-state index in [4.69, 9.17) is 14.2 Å². The van der Waals surface area contributed by atoms with E-state index in [9.17, 15) is 26.3 Å². The monoisotopic (exact) mass is 1370 g/mol. The number of nitrogens with one attached hydrogen (secondary N) is 4. The zero-order chi connectivity index (χ0) is 70.1. The maximum atomic E-state index is 13.0. The van der Waals surface area contributed by atoms with Gasteiger partial charge in [0.15, 0.2) is 0 Å². The third-order valence-electron chi connectivity index (χ3n) is 19.8. The molecule has 11 nitrogen and oxygen atoms in total. The Kier molecular flexibility index (Phi) is 27.8. The van der Waals surface area contributed by atoms with Crippen LogP contribution in [0.1, 0.15) is 156 Å². The predicted molar refractivity (Wildman–Crippen MR) is 385 cm³/mol. The Balaban J connectivity index is 0.000000144. The summed E-state index contributed by atoms with van der Waals surface area (Å²) in [5.74, 6) is 3.19. The van der Waals surface area contributed by atoms with Gasteiger partial charge in [-0.3, -0.25) is 0 Å². The van der Waals surface area contributed by atoms with Crippen molar-refractivity contribution in [2.75, 3.05) is 40.4 Å². The van der Waals surface area contributed by atoms with E-state index >= 15 is 0 Å². The van der Waals surface area contributed by atoms with Crippen molar-refractivity contribution >= 4 is 0 Å². The van der Waals surface area contributed by atoms with Crippen LogP contribution in [0.4, 0.5) is 26.3 Å². The van der Waals surface area contributed by atoms with Crippen molar-refractivity contribution in [3.8, 4) is 22.9 Å². The largest absolute Gasteiger partial charge is 0.573 e. The van der Waals surface area contributed by atoms with Gasteiger partial charge in [0.1, 0.15) is 17.2 Å². The summed E-state index contributed by atoms with van der Waals surface area (Å²) in [4.78, 5) is 0. The van der Waals surface area contributed by atoms with Crippen molar-refractivity contribution in [2.24, 2.45) is 17.8 Å². The van der Waals surface area contributed by atoms with E-state index in [1.165, 1.54) is 109 Å². The van der Waals surface area contributed by atoms with E-state index in [0.29, 0.717) is 53.1 Å². The standard InChI is InChI=1S/C22H26N4.C21H24F3NO2.C20H22F3NO.C20H25NO/c1-17-9-12-21(26-15-14-24-25-26)16-20(17)11-10-19-8-5-13-23-22(19)18-6-3-2-4-7-18;1-26-19-12-11-18(27-21(22,23)24)14-17(19)10-9-16-8-5-13-25-20(16)15-6-3-2-4-7-15;1-14-10-15(12-17(11-14)20(21,22)23)13-25-18-8-5-9-24-19(18)16-6-3-2-4-7-16;1-22-19-12-6-5-8-16(19)13-14-18-11-7-15-21-20(18)17-9-3-2-4-10-17/h2-4,6-7,9,12,14-16,19,22-23H,5,8,10-11,13H2,1H3;2-4,6-7,11-12,14,16,20,25H,5,8-10,13H2,1H3;2-4,6-7,10-12,18-19,24H,5,8-9,13H2,1H3;2-6,8-10,12,18,20-21H,7,11,13-15H2,1H3/t19-,22+;16-,20+;18-,19-;18-,20+/m1101/s1. The van der Waals surface area contributed by atoms with Crippen molar-refractivity contribution < 1.29 is 45.3 Å². The molecule has 13 rings (SSSR count). The van der Waals surface area contributed by atoms with Crippen molar-refractivity contribution in [1.29, 1.82) is 0 Å². The van der Waals surface area contributed by atoms with Crippen LogP contribution in [-0.2, 0) is 36.8 Å². The fourth-order valence-electron chi connectivity index (χ4n) is 14.8. The third kappa shape index (κ3) is 22.1. The molecule has 530 valence electrons. The molecule has 8 atom stereocenters. The van der Waals surface area contributed by atoms with E-state index in [-0.39, 0.29) is 30.5 Å². The lowest BCUT2D eigenvalue weighted by atomic mass is 9.82. The first-order chi connectivity index (χ1) is 48.6. The van der Waals surface area contributed by atoms with E-state index in [1.54, 1.807) is 26.3 Å². The van der Waals surface area contributed by atoms with Crippen LogP contribution < -0.4 is 35.5 Å². The van der Waals surface area contributed by atoms with Gasteiger partial charge >= 0.3 is 12.5 Å². The van der Waals surface area contributed by atoms with Crippen molar-refractivity contribution in [2.45, 2.75) is 153 Å². The van der Waals surface area contributed by atoms with Crippen LogP contribution >= 0.6 is 0 Å². The van der Waals surface area contributed by atoms with E-state index in [2.05, 4.69) is 152 Å². The van der Waals surface area contributed by atoms with E-state index < -0.39 is 18.1 Å². The minimum Gasteiger partial charge on any atom is -0.496 e.